The van der Waals surface area contributed by atoms with Crippen molar-refractivity contribution in [2.45, 2.75) is 11.6 Å². The van der Waals surface area contributed by atoms with Crippen molar-refractivity contribution in [1.82, 2.24) is 14.9 Å². The van der Waals surface area contributed by atoms with Gasteiger partial charge in [0, 0.05) is 18.5 Å². The number of nitrogens with zero attached hydrogens (tertiary/aromatic N) is 2. The minimum absolute atomic E-state index is 0.111. The van der Waals surface area contributed by atoms with Gasteiger partial charge in [0.2, 0.25) is 5.91 Å². The van der Waals surface area contributed by atoms with Crippen LogP contribution in [0, 0.1) is 0 Å². The van der Waals surface area contributed by atoms with Crippen molar-refractivity contribution in [3.63, 3.8) is 0 Å². The van der Waals surface area contributed by atoms with Crippen LogP contribution >= 0.6 is 23.1 Å². The van der Waals surface area contributed by atoms with Gasteiger partial charge in [0.1, 0.15) is 4.83 Å². The first-order valence-corrected chi connectivity index (χ1v) is 12.5. The van der Waals surface area contributed by atoms with Gasteiger partial charge in [0.15, 0.2) is 16.7 Å². The minimum Gasteiger partial charge on any atom is -0.493 e. The fourth-order valence-corrected chi connectivity index (χ4v) is 5.36. The van der Waals surface area contributed by atoms with Crippen molar-refractivity contribution in [3.05, 3.63) is 70.5 Å². The third-order valence-electron chi connectivity index (χ3n) is 5.31. The zero-order chi connectivity index (χ0) is 24.1. The lowest BCUT2D eigenvalue weighted by Gasteiger charge is -2.10. The van der Waals surface area contributed by atoms with Crippen LogP contribution < -0.4 is 20.3 Å². The molecule has 1 N–H and O–H groups in total. The molecule has 0 atom stereocenters. The molecule has 2 aromatic carbocycles. The SMILES string of the molecule is COc1ccc(CCNC(=O)CSc2nc3sc(-c4ccccc4)cc3c(=O)n2C)cc1OC. The van der Waals surface area contributed by atoms with E-state index in [2.05, 4.69) is 10.3 Å². The normalized spacial score (nSPS) is 10.9. The van der Waals surface area contributed by atoms with Crippen molar-refractivity contribution in [3.8, 4) is 21.9 Å². The third-order valence-corrected chi connectivity index (χ3v) is 7.41. The van der Waals surface area contributed by atoms with E-state index >= 15 is 0 Å². The Morgan fingerprint density at radius 2 is 1.85 bits per heavy atom. The zero-order valence-electron chi connectivity index (χ0n) is 19.2. The van der Waals surface area contributed by atoms with Crippen molar-refractivity contribution in [1.29, 1.82) is 0 Å². The number of hydrogen-bond acceptors (Lipinski definition) is 7. The van der Waals surface area contributed by atoms with E-state index in [9.17, 15) is 9.59 Å². The number of aromatic nitrogens is 2. The number of thioether (sulfide) groups is 1. The number of ether oxygens (including phenoxy) is 2. The largest absolute Gasteiger partial charge is 0.493 e. The van der Waals surface area contributed by atoms with Crippen LogP contribution in [0.3, 0.4) is 0 Å². The number of nitrogens with one attached hydrogen (secondary N) is 1. The molecule has 34 heavy (non-hydrogen) atoms. The maximum absolute atomic E-state index is 12.9. The molecule has 7 nitrogen and oxygen atoms in total. The molecule has 0 aliphatic rings. The topological polar surface area (TPSA) is 82.5 Å². The number of carbonyl (C=O) groups excluding carboxylic acids is 1. The predicted molar refractivity (Wildman–Crippen MR) is 137 cm³/mol. The van der Waals surface area contributed by atoms with E-state index in [1.807, 2.05) is 54.6 Å². The van der Waals surface area contributed by atoms with E-state index in [1.54, 1.807) is 21.3 Å². The fourth-order valence-electron chi connectivity index (χ4n) is 3.48. The summed E-state index contributed by atoms with van der Waals surface area (Å²) in [5, 5.41) is 4.03. The second kappa shape index (κ2) is 10.8. The van der Waals surface area contributed by atoms with Crippen LogP contribution in [-0.2, 0) is 18.3 Å². The lowest BCUT2D eigenvalue weighted by molar-refractivity contribution is -0.118. The quantitative estimate of drug-likeness (QED) is 0.278. The van der Waals surface area contributed by atoms with Gasteiger partial charge in [0.25, 0.3) is 5.56 Å². The summed E-state index contributed by atoms with van der Waals surface area (Å²) in [5.41, 5.74) is 1.97. The highest BCUT2D eigenvalue weighted by atomic mass is 32.2. The van der Waals surface area contributed by atoms with E-state index in [-0.39, 0.29) is 17.2 Å². The first-order chi connectivity index (χ1) is 16.5. The van der Waals surface area contributed by atoms with Gasteiger partial charge in [0.05, 0.1) is 25.4 Å². The van der Waals surface area contributed by atoms with Crippen LogP contribution in [0.2, 0.25) is 0 Å². The van der Waals surface area contributed by atoms with E-state index in [0.29, 0.717) is 39.8 Å². The van der Waals surface area contributed by atoms with Crippen LogP contribution in [0.15, 0.2) is 64.5 Å². The standard InChI is InChI=1S/C25H25N3O4S2/c1-28-24(30)18-14-21(17-7-5-4-6-8-17)34-23(18)27-25(28)33-15-22(29)26-12-11-16-9-10-19(31-2)20(13-16)32-3/h4-10,13-14H,11-12,15H2,1-3H3,(H,26,29). The number of rotatable bonds is 9. The molecular formula is C25H25N3O4S2. The molecule has 0 bridgehead atoms. The van der Waals surface area contributed by atoms with Gasteiger partial charge in [-0.3, -0.25) is 14.2 Å². The zero-order valence-corrected chi connectivity index (χ0v) is 20.8. The summed E-state index contributed by atoms with van der Waals surface area (Å²) in [4.78, 5) is 31.6. The summed E-state index contributed by atoms with van der Waals surface area (Å²) in [5.74, 6) is 1.39. The van der Waals surface area contributed by atoms with Crippen molar-refractivity contribution in [2.24, 2.45) is 7.05 Å². The molecule has 0 fully saturated rings. The van der Waals surface area contributed by atoms with Gasteiger partial charge in [-0.25, -0.2) is 4.98 Å². The highest BCUT2D eigenvalue weighted by Gasteiger charge is 2.14. The number of thiophene rings is 1. The first-order valence-electron chi connectivity index (χ1n) is 10.7. The molecule has 0 radical (unpaired) electrons. The summed E-state index contributed by atoms with van der Waals surface area (Å²) < 4.78 is 12.1. The highest BCUT2D eigenvalue weighted by Crippen LogP contribution is 2.32. The second-order valence-electron chi connectivity index (χ2n) is 7.53. The van der Waals surface area contributed by atoms with Crippen molar-refractivity contribution in [2.75, 3.05) is 26.5 Å². The molecule has 2 aromatic heterocycles. The molecule has 4 aromatic rings. The van der Waals surface area contributed by atoms with Crippen LogP contribution in [-0.4, -0.2) is 42.0 Å². The molecule has 0 aliphatic carbocycles. The highest BCUT2D eigenvalue weighted by molar-refractivity contribution is 7.99. The molecule has 0 aliphatic heterocycles. The van der Waals surface area contributed by atoms with Crippen LogP contribution in [0.1, 0.15) is 5.56 Å². The average Bonchev–Trinajstić information content (AvgIpc) is 3.30. The van der Waals surface area contributed by atoms with Crippen molar-refractivity contribution < 1.29 is 14.3 Å². The molecule has 9 heteroatoms. The second-order valence-corrected chi connectivity index (χ2v) is 9.51. The summed E-state index contributed by atoms with van der Waals surface area (Å²) in [6, 6.07) is 17.5. The van der Waals surface area contributed by atoms with Crippen LogP contribution in [0.25, 0.3) is 20.7 Å². The van der Waals surface area contributed by atoms with E-state index in [0.717, 1.165) is 16.0 Å². The van der Waals surface area contributed by atoms with Gasteiger partial charge in [-0.2, -0.15) is 0 Å². The Balaban J connectivity index is 1.38. The third kappa shape index (κ3) is 5.26. The summed E-state index contributed by atoms with van der Waals surface area (Å²) >= 11 is 2.74. The maximum Gasteiger partial charge on any atom is 0.262 e. The Bertz CT molecular complexity index is 1370. The lowest BCUT2D eigenvalue weighted by atomic mass is 10.1. The number of carbonyl (C=O) groups is 1. The number of amides is 1. The summed E-state index contributed by atoms with van der Waals surface area (Å²) in [6.07, 6.45) is 0.664. The van der Waals surface area contributed by atoms with Crippen LogP contribution in [0.5, 0.6) is 11.5 Å². The molecule has 0 spiro atoms. The Labute approximate surface area is 205 Å². The van der Waals surface area contributed by atoms with E-state index in [1.165, 1.54) is 27.7 Å². The molecule has 0 unspecified atom stereocenters. The Kier molecular flexibility index (Phi) is 7.54. The van der Waals surface area contributed by atoms with E-state index in [4.69, 9.17) is 9.47 Å². The summed E-state index contributed by atoms with van der Waals surface area (Å²) in [6.45, 7) is 0.492. The predicted octanol–water partition coefficient (Wildman–Crippen LogP) is 4.13. The average molecular weight is 496 g/mol. The Hall–Kier alpha value is -3.30. The summed E-state index contributed by atoms with van der Waals surface area (Å²) in [7, 11) is 4.88. The van der Waals surface area contributed by atoms with Gasteiger partial charge in [-0.05, 0) is 35.7 Å². The number of methoxy groups -OCH3 is 2. The van der Waals surface area contributed by atoms with Gasteiger partial charge >= 0.3 is 0 Å². The number of benzene rings is 2. The van der Waals surface area contributed by atoms with Gasteiger partial charge in [-0.1, -0.05) is 48.2 Å². The molecule has 1 amide bonds. The van der Waals surface area contributed by atoms with E-state index < -0.39 is 0 Å². The first kappa shape index (κ1) is 23.8. The van der Waals surface area contributed by atoms with Crippen molar-refractivity contribution >= 4 is 39.2 Å². The number of hydrogen-bond donors (Lipinski definition) is 1. The molecule has 176 valence electrons. The Morgan fingerprint density at radius 1 is 1.09 bits per heavy atom. The molecule has 2 heterocycles. The smallest absolute Gasteiger partial charge is 0.262 e. The minimum atomic E-state index is -0.115. The van der Waals surface area contributed by atoms with Gasteiger partial charge in [-0.15, -0.1) is 11.3 Å². The molecular weight excluding hydrogens is 470 g/mol. The lowest BCUT2D eigenvalue weighted by Crippen LogP contribution is -2.28. The van der Waals surface area contributed by atoms with Crippen LogP contribution in [0.4, 0.5) is 0 Å². The Morgan fingerprint density at radius 3 is 2.59 bits per heavy atom. The molecule has 4 rings (SSSR count). The molecule has 0 saturated heterocycles. The monoisotopic (exact) mass is 495 g/mol. The fraction of sp³-hybridized carbons (Fsp3) is 0.240. The maximum atomic E-state index is 12.9. The van der Waals surface area contributed by atoms with Gasteiger partial charge < -0.3 is 14.8 Å². The molecule has 0 saturated carbocycles. The number of fused-ring (bicyclic) bond motifs is 1.